The quantitative estimate of drug-likeness (QED) is 0.693. The zero-order valence-electron chi connectivity index (χ0n) is 16.1. The van der Waals surface area contributed by atoms with Gasteiger partial charge in [0.15, 0.2) is 0 Å². The second-order valence-corrected chi connectivity index (χ2v) is 8.45. The van der Waals surface area contributed by atoms with E-state index in [4.69, 9.17) is 19.3 Å². The predicted molar refractivity (Wildman–Crippen MR) is 111 cm³/mol. The molecule has 1 heterocycles. The Labute approximate surface area is 169 Å². The van der Waals surface area contributed by atoms with E-state index in [1.807, 2.05) is 54.6 Å². The summed E-state index contributed by atoms with van der Waals surface area (Å²) in [6, 6.07) is 18.8. The van der Waals surface area contributed by atoms with Crippen LogP contribution >= 0.6 is 0 Å². The van der Waals surface area contributed by atoms with Crippen LogP contribution in [0.25, 0.3) is 11.1 Å². The maximum atomic E-state index is 11.6. The van der Waals surface area contributed by atoms with Crippen LogP contribution in [-0.4, -0.2) is 22.6 Å². The van der Waals surface area contributed by atoms with Crippen LogP contribution in [0.15, 0.2) is 60.7 Å². The van der Waals surface area contributed by atoms with Crippen LogP contribution in [0, 0.1) is 0 Å². The van der Waals surface area contributed by atoms with E-state index in [2.05, 4.69) is 0 Å². The molecule has 1 unspecified atom stereocenters. The molecule has 0 radical (unpaired) electrons. The van der Waals surface area contributed by atoms with Crippen LogP contribution in [0.2, 0.25) is 0 Å². The zero-order valence-corrected chi connectivity index (χ0v) is 16.9. The lowest BCUT2D eigenvalue weighted by atomic mass is 9.88. The van der Waals surface area contributed by atoms with E-state index in [0.717, 1.165) is 22.3 Å². The van der Waals surface area contributed by atoms with Crippen molar-refractivity contribution in [2.45, 2.75) is 11.9 Å². The first-order valence-electron chi connectivity index (χ1n) is 9.01. The van der Waals surface area contributed by atoms with Gasteiger partial charge in [-0.05, 0) is 35.4 Å². The average Bonchev–Trinajstić information content (AvgIpc) is 2.71. The molecule has 0 aliphatic carbocycles. The number of methoxy groups -OCH3 is 2. The number of benzene rings is 3. The van der Waals surface area contributed by atoms with Gasteiger partial charge >= 0.3 is 0 Å². The molecular formula is C22H21NO5S. The van der Waals surface area contributed by atoms with Crippen molar-refractivity contribution in [2.24, 2.45) is 5.14 Å². The minimum atomic E-state index is -3.66. The summed E-state index contributed by atoms with van der Waals surface area (Å²) < 4.78 is 40.5. The number of sulfonamides is 1. The van der Waals surface area contributed by atoms with Crippen molar-refractivity contribution in [2.75, 3.05) is 14.2 Å². The molecule has 4 rings (SSSR count). The predicted octanol–water partition coefficient (Wildman–Crippen LogP) is 3.64. The van der Waals surface area contributed by atoms with Gasteiger partial charge in [0.05, 0.1) is 25.5 Å². The van der Waals surface area contributed by atoms with Gasteiger partial charge in [-0.25, -0.2) is 13.6 Å². The van der Waals surface area contributed by atoms with Crippen LogP contribution < -0.4 is 19.3 Å². The average molecular weight is 411 g/mol. The highest BCUT2D eigenvalue weighted by molar-refractivity contribution is 7.88. The van der Waals surface area contributed by atoms with Gasteiger partial charge in [0, 0.05) is 11.1 Å². The minimum Gasteiger partial charge on any atom is -0.497 e. The van der Waals surface area contributed by atoms with Crippen molar-refractivity contribution in [3.05, 3.63) is 77.4 Å². The number of fused-ring (bicyclic) bond motifs is 3. The summed E-state index contributed by atoms with van der Waals surface area (Å²) in [5.74, 6) is 1.85. The lowest BCUT2D eigenvalue weighted by molar-refractivity contribution is 0.241. The zero-order chi connectivity index (χ0) is 20.6. The molecule has 0 aromatic heterocycles. The fourth-order valence-electron chi connectivity index (χ4n) is 3.67. The van der Waals surface area contributed by atoms with Crippen molar-refractivity contribution in [3.8, 4) is 28.4 Å². The molecule has 0 amide bonds. The van der Waals surface area contributed by atoms with E-state index >= 15 is 0 Å². The highest BCUT2D eigenvalue weighted by atomic mass is 32.2. The standard InChI is InChI=1S/C22H21NO5S/c1-26-16-6-3-5-15(12-16)22-18-11-14(13-29(23,24)25)9-10-17(18)21-19(27-2)7-4-8-20(21)28-22/h3-12,22H,13H2,1-2H3,(H2,23,24,25). The number of rotatable bonds is 5. The molecule has 6 nitrogen and oxygen atoms in total. The Balaban J connectivity index is 1.92. The van der Waals surface area contributed by atoms with Gasteiger partial charge in [-0.15, -0.1) is 0 Å². The van der Waals surface area contributed by atoms with Crippen molar-refractivity contribution >= 4 is 10.0 Å². The Morgan fingerprint density at radius 1 is 1.00 bits per heavy atom. The molecule has 3 aromatic rings. The third-order valence-corrected chi connectivity index (χ3v) is 5.62. The molecule has 0 spiro atoms. The second-order valence-electron chi connectivity index (χ2n) is 6.84. The Bertz CT molecular complexity index is 1170. The third-order valence-electron chi connectivity index (χ3n) is 4.88. The molecule has 7 heteroatoms. The summed E-state index contributed by atoms with van der Waals surface area (Å²) in [6.07, 6.45) is -0.430. The highest BCUT2D eigenvalue weighted by Gasteiger charge is 2.30. The smallest absolute Gasteiger partial charge is 0.213 e. The summed E-state index contributed by atoms with van der Waals surface area (Å²) >= 11 is 0. The third kappa shape index (κ3) is 3.79. The van der Waals surface area contributed by atoms with Gasteiger partial charge in [0.2, 0.25) is 10.0 Å². The number of ether oxygens (including phenoxy) is 3. The van der Waals surface area contributed by atoms with E-state index in [-0.39, 0.29) is 5.75 Å². The lowest BCUT2D eigenvalue weighted by Gasteiger charge is -2.30. The number of primary sulfonamides is 1. The fourth-order valence-corrected chi connectivity index (χ4v) is 4.31. The van der Waals surface area contributed by atoms with Crippen LogP contribution in [0.3, 0.4) is 0 Å². The maximum Gasteiger partial charge on any atom is 0.213 e. The molecular weight excluding hydrogens is 390 g/mol. The molecule has 0 saturated carbocycles. The molecule has 29 heavy (non-hydrogen) atoms. The summed E-state index contributed by atoms with van der Waals surface area (Å²) in [4.78, 5) is 0. The summed E-state index contributed by atoms with van der Waals surface area (Å²) in [5.41, 5.74) is 4.10. The van der Waals surface area contributed by atoms with Crippen LogP contribution in [0.5, 0.6) is 17.2 Å². The first-order chi connectivity index (χ1) is 13.9. The molecule has 1 aliphatic heterocycles. The second kappa shape index (κ2) is 7.42. The SMILES string of the molecule is COc1cccc(C2Oc3cccc(OC)c3-c3ccc(CS(N)(=O)=O)cc32)c1. The first kappa shape index (κ1) is 19.3. The van der Waals surface area contributed by atoms with Crippen molar-refractivity contribution in [1.29, 1.82) is 0 Å². The summed E-state index contributed by atoms with van der Waals surface area (Å²) in [6.45, 7) is 0. The van der Waals surface area contributed by atoms with E-state index in [1.165, 1.54) is 0 Å². The Hall–Kier alpha value is -3.03. The van der Waals surface area contributed by atoms with Gasteiger partial charge in [-0.3, -0.25) is 0 Å². The van der Waals surface area contributed by atoms with E-state index in [9.17, 15) is 8.42 Å². The van der Waals surface area contributed by atoms with Gasteiger partial charge in [-0.2, -0.15) is 0 Å². The molecule has 150 valence electrons. The Morgan fingerprint density at radius 3 is 2.52 bits per heavy atom. The number of hydrogen-bond donors (Lipinski definition) is 1. The largest absolute Gasteiger partial charge is 0.497 e. The molecule has 1 aliphatic rings. The maximum absolute atomic E-state index is 11.6. The molecule has 0 saturated heterocycles. The minimum absolute atomic E-state index is 0.246. The Kier molecular flexibility index (Phi) is 4.94. The molecule has 3 aromatic carbocycles. The topological polar surface area (TPSA) is 87.8 Å². The van der Waals surface area contributed by atoms with Gasteiger partial charge in [-0.1, -0.05) is 36.4 Å². The van der Waals surface area contributed by atoms with Gasteiger partial charge < -0.3 is 14.2 Å². The Morgan fingerprint density at radius 2 is 1.79 bits per heavy atom. The lowest BCUT2D eigenvalue weighted by Crippen LogP contribution is -2.18. The number of hydrogen-bond acceptors (Lipinski definition) is 5. The van der Waals surface area contributed by atoms with E-state index in [1.54, 1.807) is 20.3 Å². The highest BCUT2D eigenvalue weighted by Crippen LogP contribution is 2.49. The molecule has 0 fully saturated rings. The van der Waals surface area contributed by atoms with Crippen LogP contribution in [-0.2, 0) is 15.8 Å². The van der Waals surface area contributed by atoms with Crippen molar-refractivity contribution in [3.63, 3.8) is 0 Å². The molecule has 0 bridgehead atoms. The van der Waals surface area contributed by atoms with Crippen molar-refractivity contribution in [1.82, 2.24) is 0 Å². The van der Waals surface area contributed by atoms with E-state index < -0.39 is 16.1 Å². The van der Waals surface area contributed by atoms with Crippen LogP contribution in [0.1, 0.15) is 22.8 Å². The summed E-state index contributed by atoms with van der Waals surface area (Å²) in [7, 11) is -0.435. The normalized spacial score (nSPS) is 15.1. The fraction of sp³-hybridized carbons (Fsp3) is 0.182. The van der Waals surface area contributed by atoms with Gasteiger partial charge in [0.1, 0.15) is 23.4 Å². The monoisotopic (exact) mass is 411 g/mol. The van der Waals surface area contributed by atoms with Crippen molar-refractivity contribution < 1.29 is 22.6 Å². The number of nitrogens with two attached hydrogens (primary N) is 1. The summed E-state index contributed by atoms with van der Waals surface area (Å²) in [5, 5.41) is 5.25. The molecule has 1 atom stereocenters. The van der Waals surface area contributed by atoms with Gasteiger partial charge in [0.25, 0.3) is 0 Å². The molecule has 2 N–H and O–H groups in total. The van der Waals surface area contributed by atoms with E-state index in [0.29, 0.717) is 22.8 Å². The van der Waals surface area contributed by atoms with Crippen LogP contribution in [0.4, 0.5) is 0 Å². The first-order valence-corrected chi connectivity index (χ1v) is 10.7.